The highest BCUT2D eigenvalue weighted by Crippen LogP contribution is 2.37. The number of nitrogens with zero attached hydrogens (tertiary/aromatic N) is 2. The first-order chi connectivity index (χ1) is 12.3. The normalized spacial score (nSPS) is 19.0. The van der Waals surface area contributed by atoms with Gasteiger partial charge in [-0.2, -0.15) is 0 Å². The highest BCUT2D eigenvalue weighted by Gasteiger charge is 2.31. The number of nitrogens with one attached hydrogen (secondary N) is 1. The van der Waals surface area contributed by atoms with Crippen molar-refractivity contribution in [3.63, 3.8) is 0 Å². The lowest BCUT2D eigenvalue weighted by Crippen LogP contribution is -2.39. The molecule has 1 amide bonds. The quantitative estimate of drug-likeness (QED) is 0.757. The van der Waals surface area contributed by atoms with Crippen LogP contribution in [0.4, 0.5) is 5.69 Å². The van der Waals surface area contributed by atoms with Gasteiger partial charge in [-0.05, 0) is 56.0 Å². The van der Waals surface area contributed by atoms with Crippen molar-refractivity contribution in [2.24, 2.45) is 5.92 Å². The number of benzene rings is 1. The number of anilines is 1. The Morgan fingerprint density at radius 1 is 1.27 bits per heavy atom. The number of carbonyl (C=O) groups excluding carboxylic acids is 1. The van der Waals surface area contributed by atoms with Crippen molar-refractivity contribution >= 4 is 37.5 Å². The molecule has 1 N–H and O–H groups in total. The summed E-state index contributed by atoms with van der Waals surface area (Å²) in [5, 5.41) is 0. The van der Waals surface area contributed by atoms with E-state index in [1.54, 1.807) is 11.0 Å². The molecule has 8 heteroatoms. The maximum Gasteiger partial charge on any atom is 0.242 e. The lowest BCUT2D eigenvalue weighted by Gasteiger charge is -2.30. The Labute approximate surface area is 164 Å². The number of sulfonamides is 1. The third-order valence-corrected chi connectivity index (χ3v) is 7.19. The summed E-state index contributed by atoms with van der Waals surface area (Å²) in [6, 6.07) is 3.48. The molecule has 3 rings (SSSR count). The van der Waals surface area contributed by atoms with E-state index in [-0.39, 0.29) is 10.8 Å². The number of fused-ring (bicyclic) bond motifs is 1. The lowest BCUT2D eigenvalue weighted by atomic mass is 9.99. The van der Waals surface area contributed by atoms with Crippen LogP contribution in [0.5, 0.6) is 0 Å². The summed E-state index contributed by atoms with van der Waals surface area (Å²) >= 11 is 3.40. The van der Waals surface area contributed by atoms with Gasteiger partial charge >= 0.3 is 0 Å². The number of likely N-dealkylation sites (tertiary alicyclic amines) is 1. The van der Waals surface area contributed by atoms with Crippen molar-refractivity contribution in [1.82, 2.24) is 9.62 Å². The highest BCUT2D eigenvalue weighted by molar-refractivity contribution is 9.10. The standard InChI is InChI=1S/C18H26BrN3O3S/c1-13-3-7-21(8-4-13)10-6-20-26(24,25)17-12-16(19)11-15-5-9-22(14(2)23)18(15)17/h11-13,20H,3-10H2,1-2H3. The van der Waals surface area contributed by atoms with Crippen molar-refractivity contribution in [1.29, 1.82) is 0 Å². The molecule has 2 aliphatic rings. The van der Waals surface area contributed by atoms with Crippen LogP contribution in [0.3, 0.4) is 0 Å². The number of amides is 1. The molecule has 26 heavy (non-hydrogen) atoms. The molecule has 0 aromatic heterocycles. The average Bonchev–Trinajstić information content (AvgIpc) is 2.99. The number of carbonyl (C=O) groups is 1. The van der Waals surface area contributed by atoms with Gasteiger partial charge in [0.05, 0.1) is 5.69 Å². The van der Waals surface area contributed by atoms with Crippen LogP contribution in [0, 0.1) is 5.92 Å². The van der Waals surface area contributed by atoms with E-state index in [1.165, 1.54) is 19.8 Å². The fraction of sp³-hybridized carbons (Fsp3) is 0.611. The largest absolute Gasteiger partial charge is 0.311 e. The summed E-state index contributed by atoms with van der Waals surface area (Å²) in [5.41, 5.74) is 1.42. The molecular weight excluding hydrogens is 418 g/mol. The van der Waals surface area contributed by atoms with E-state index in [0.717, 1.165) is 24.6 Å². The Bertz CT molecular complexity index is 789. The van der Waals surface area contributed by atoms with Crippen LogP contribution in [0.2, 0.25) is 0 Å². The van der Waals surface area contributed by atoms with E-state index in [2.05, 4.69) is 32.5 Å². The predicted octanol–water partition coefficient (Wildman–Crippen LogP) is 2.37. The van der Waals surface area contributed by atoms with Crippen LogP contribution in [0.1, 0.15) is 32.3 Å². The van der Waals surface area contributed by atoms with Crippen LogP contribution in [-0.2, 0) is 21.2 Å². The van der Waals surface area contributed by atoms with Gasteiger partial charge in [-0.3, -0.25) is 4.79 Å². The Hall–Kier alpha value is -0.960. The SMILES string of the molecule is CC(=O)N1CCc2cc(Br)cc(S(=O)(=O)NCCN3CCC(C)CC3)c21. The zero-order valence-corrected chi connectivity index (χ0v) is 17.7. The molecule has 1 aromatic rings. The Morgan fingerprint density at radius 2 is 1.96 bits per heavy atom. The second kappa shape index (κ2) is 7.96. The predicted molar refractivity (Wildman–Crippen MR) is 106 cm³/mol. The van der Waals surface area contributed by atoms with Gasteiger partial charge in [0.2, 0.25) is 15.9 Å². The van der Waals surface area contributed by atoms with Gasteiger partial charge in [0.15, 0.2) is 0 Å². The van der Waals surface area contributed by atoms with Crippen LogP contribution < -0.4 is 9.62 Å². The van der Waals surface area contributed by atoms with E-state index in [4.69, 9.17) is 0 Å². The van der Waals surface area contributed by atoms with Gasteiger partial charge in [0, 0.05) is 31.0 Å². The number of hydrogen-bond donors (Lipinski definition) is 1. The molecule has 144 valence electrons. The van der Waals surface area contributed by atoms with E-state index in [9.17, 15) is 13.2 Å². The summed E-state index contributed by atoms with van der Waals surface area (Å²) in [7, 11) is -3.69. The van der Waals surface area contributed by atoms with Crippen LogP contribution in [0.15, 0.2) is 21.5 Å². The van der Waals surface area contributed by atoms with Crippen molar-refractivity contribution in [2.45, 2.75) is 38.0 Å². The van der Waals surface area contributed by atoms with Gasteiger partial charge in [-0.25, -0.2) is 13.1 Å². The molecular formula is C18H26BrN3O3S. The molecule has 0 spiro atoms. The molecule has 1 aromatic carbocycles. The Morgan fingerprint density at radius 3 is 2.62 bits per heavy atom. The maximum atomic E-state index is 12.9. The maximum absolute atomic E-state index is 12.9. The molecule has 1 fully saturated rings. The third-order valence-electron chi connectivity index (χ3n) is 5.26. The second-order valence-corrected chi connectivity index (χ2v) is 9.91. The zero-order chi connectivity index (χ0) is 18.9. The van der Waals surface area contributed by atoms with Crippen molar-refractivity contribution in [3.8, 4) is 0 Å². The molecule has 0 atom stereocenters. The van der Waals surface area contributed by atoms with E-state index in [0.29, 0.717) is 36.2 Å². The van der Waals surface area contributed by atoms with E-state index >= 15 is 0 Å². The van der Waals surface area contributed by atoms with Gasteiger partial charge < -0.3 is 9.80 Å². The highest BCUT2D eigenvalue weighted by atomic mass is 79.9. The Balaban J connectivity index is 1.74. The van der Waals surface area contributed by atoms with Crippen molar-refractivity contribution < 1.29 is 13.2 Å². The monoisotopic (exact) mass is 443 g/mol. The molecule has 0 saturated carbocycles. The zero-order valence-electron chi connectivity index (χ0n) is 15.3. The van der Waals surface area contributed by atoms with Gasteiger partial charge in [-0.15, -0.1) is 0 Å². The first-order valence-electron chi connectivity index (χ1n) is 9.10. The van der Waals surface area contributed by atoms with Crippen LogP contribution in [-0.4, -0.2) is 51.9 Å². The fourth-order valence-electron chi connectivity index (χ4n) is 3.69. The molecule has 0 aliphatic carbocycles. The van der Waals surface area contributed by atoms with Gasteiger partial charge in [-0.1, -0.05) is 22.9 Å². The average molecular weight is 444 g/mol. The molecule has 1 saturated heterocycles. The number of halogens is 1. The minimum Gasteiger partial charge on any atom is -0.311 e. The lowest BCUT2D eigenvalue weighted by molar-refractivity contribution is -0.116. The summed E-state index contributed by atoms with van der Waals surface area (Å²) in [4.78, 5) is 16.0. The molecule has 0 unspecified atom stereocenters. The van der Waals surface area contributed by atoms with E-state index < -0.39 is 10.0 Å². The smallest absolute Gasteiger partial charge is 0.242 e. The van der Waals surface area contributed by atoms with Crippen molar-refractivity contribution in [3.05, 3.63) is 22.2 Å². The first kappa shape index (κ1) is 19.8. The summed E-state index contributed by atoms with van der Waals surface area (Å²) in [6.07, 6.45) is 3.00. The van der Waals surface area contributed by atoms with Crippen molar-refractivity contribution in [2.75, 3.05) is 37.6 Å². The molecule has 0 bridgehead atoms. The minimum atomic E-state index is -3.69. The molecule has 2 heterocycles. The molecule has 0 radical (unpaired) electrons. The van der Waals surface area contributed by atoms with E-state index in [1.807, 2.05) is 6.07 Å². The molecule has 6 nitrogen and oxygen atoms in total. The van der Waals surface area contributed by atoms with Gasteiger partial charge in [0.25, 0.3) is 0 Å². The van der Waals surface area contributed by atoms with Gasteiger partial charge in [0.1, 0.15) is 4.90 Å². The number of rotatable bonds is 5. The second-order valence-electron chi connectivity index (χ2n) is 7.25. The molecule has 2 aliphatic heterocycles. The topological polar surface area (TPSA) is 69.7 Å². The Kier molecular flexibility index (Phi) is 6.06. The van der Waals surface area contributed by atoms with Crippen LogP contribution >= 0.6 is 15.9 Å². The third kappa shape index (κ3) is 4.30. The summed E-state index contributed by atoms with van der Waals surface area (Å²) in [5.74, 6) is 0.620. The number of hydrogen-bond acceptors (Lipinski definition) is 4. The van der Waals surface area contributed by atoms with Crippen LogP contribution in [0.25, 0.3) is 0 Å². The fourth-order valence-corrected chi connectivity index (χ4v) is 5.64. The number of piperidine rings is 1. The first-order valence-corrected chi connectivity index (χ1v) is 11.4. The minimum absolute atomic E-state index is 0.134. The summed E-state index contributed by atoms with van der Waals surface area (Å²) in [6.45, 7) is 7.37. The summed E-state index contributed by atoms with van der Waals surface area (Å²) < 4.78 is 29.3.